The lowest BCUT2D eigenvalue weighted by Gasteiger charge is -2.17. The van der Waals surface area contributed by atoms with Gasteiger partial charge in [-0.05, 0) is 65.6 Å². The van der Waals surface area contributed by atoms with Crippen LogP contribution in [0.25, 0.3) is 27.7 Å². The maximum absolute atomic E-state index is 13.8. The number of hydrogen-bond donors (Lipinski definition) is 2. The molecule has 196 valence electrons. The SMILES string of the molecule is C[C@H](NC(=O)c1cc(-c2ccccc2)cc2ncc(Cc3ccc4cccnc4c3)n12)c1ccc(C(=O)O)cc1. The van der Waals surface area contributed by atoms with Gasteiger partial charge >= 0.3 is 5.97 Å². The molecule has 0 bridgehead atoms. The van der Waals surface area contributed by atoms with Gasteiger partial charge in [-0.25, -0.2) is 9.78 Å². The predicted octanol–water partition coefficient (Wildman–Crippen LogP) is 6.33. The molecule has 0 aliphatic carbocycles. The van der Waals surface area contributed by atoms with Gasteiger partial charge in [-0.15, -0.1) is 0 Å². The van der Waals surface area contributed by atoms with Crippen LogP contribution in [0.1, 0.15) is 50.6 Å². The van der Waals surface area contributed by atoms with Crippen LogP contribution in [0.3, 0.4) is 0 Å². The molecule has 3 aromatic heterocycles. The Hall–Kier alpha value is -5.30. The fourth-order valence-electron chi connectivity index (χ4n) is 4.96. The number of benzene rings is 3. The van der Waals surface area contributed by atoms with Crippen LogP contribution in [0.15, 0.2) is 109 Å². The van der Waals surface area contributed by atoms with Crippen molar-refractivity contribution in [1.29, 1.82) is 0 Å². The van der Waals surface area contributed by atoms with Crippen molar-refractivity contribution in [2.75, 3.05) is 0 Å². The summed E-state index contributed by atoms with van der Waals surface area (Å²) in [6, 6.07) is 30.1. The van der Waals surface area contributed by atoms with Crippen molar-refractivity contribution in [2.24, 2.45) is 0 Å². The first-order valence-corrected chi connectivity index (χ1v) is 13.0. The Bertz CT molecular complexity index is 1860. The fourth-order valence-corrected chi connectivity index (χ4v) is 4.96. The van der Waals surface area contributed by atoms with E-state index in [1.807, 2.05) is 72.1 Å². The smallest absolute Gasteiger partial charge is 0.335 e. The van der Waals surface area contributed by atoms with Gasteiger partial charge in [0, 0.05) is 29.9 Å². The van der Waals surface area contributed by atoms with E-state index >= 15 is 0 Å². The number of rotatable bonds is 7. The summed E-state index contributed by atoms with van der Waals surface area (Å²) in [6.45, 7) is 1.88. The van der Waals surface area contributed by atoms with Crippen LogP contribution < -0.4 is 5.32 Å². The number of amides is 1. The van der Waals surface area contributed by atoms with Gasteiger partial charge in [-0.1, -0.05) is 60.7 Å². The summed E-state index contributed by atoms with van der Waals surface area (Å²) in [4.78, 5) is 34.2. The normalized spacial score (nSPS) is 11.9. The van der Waals surface area contributed by atoms with Crippen molar-refractivity contribution in [1.82, 2.24) is 19.7 Å². The van der Waals surface area contributed by atoms with E-state index in [0.717, 1.165) is 38.9 Å². The Morgan fingerprint density at radius 1 is 0.875 bits per heavy atom. The summed E-state index contributed by atoms with van der Waals surface area (Å²) in [5, 5.41) is 13.4. The standard InChI is InChI=1S/C33H26N4O3/c1-21(23-11-13-26(14-12-23)33(39)40)36-32(38)30-18-27(24-6-3-2-4-7-24)19-31-35-20-28(37(30)31)16-22-9-10-25-8-5-15-34-29(25)17-22/h2-15,17-21H,16H2,1H3,(H,36,38)(H,39,40)/t21-/m0/s1. The molecule has 0 spiro atoms. The summed E-state index contributed by atoms with van der Waals surface area (Å²) >= 11 is 0. The number of pyridine rings is 2. The summed E-state index contributed by atoms with van der Waals surface area (Å²) in [5.74, 6) is -1.24. The largest absolute Gasteiger partial charge is 0.478 e. The molecule has 6 aromatic rings. The van der Waals surface area contributed by atoms with Crippen LogP contribution in [0.4, 0.5) is 0 Å². The summed E-state index contributed by atoms with van der Waals surface area (Å²) in [7, 11) is 0. The molecule has 0 radical (unpaired) electrons. The molecule has 0 aliphatic heterocycles. The zero-order valence-electron chi connectivity index (χ0n) is 21.8. The molecule has 7 nitrogen and oxygen atoms in total. The monoisotopic (exact) mass is 526 g/mol. The lowest BCUT2D eigenvalue weighted by Crippen LogP contribution is -2.28. The van der Waals surface area contributed by atoms with E-state index in [9.17, 15) is 14.7 Å². The summed E-state index contributed by atoms with van der Waals surface area (Å²) in [6.07, 6.45) is 4.17. The van der Waals surface area contributed by atoms with Crippen molar-refractivity contribution in [3.63, 3.8) is 0 Å². The third kappa shape index (κ3) is 4.92. The molecule has 40 heavy (non-hydrogen) atoms. The predicted molar refractivity (Wildman–Crippen MR) is 154 cm³/mol. The third-order valence-corrected chi connectivity index (χ3v) is 7.08. The van der Waals surface area contributed by atoms with Gasteiger partial charge in [0.25, 0.3) is 5.91 Å². The van der Waals surface area contributed by atoms with Crippen molar-refractivity contribution in [3.05, 3.63) is 138 Å². The molecule has 6 rings (SSSR count). The molecule has 0 unspecified atom stereocenters. The quantitative estimate of drug-likeness (QED) is 0.253. The van der Waals surface area contributed by atoms with Gasteiger partial charge < -0.3 is 10.4 Å². The van der Waals surface area contributed by atoms with Crippen molar-refractivity contribution in [3.8, 4) is 11.1 Å². The van der Waals surface area contributed by atoms with Crippen LogP contribution in [0.5, 0.6) is 0 Å². The van der Waals surface area contributed by atoms with Gasteiger partial charge in [0.2, 0.25) is 0 Å². The number of aromatic carboxylic acids is 1. The summed E-state index contributed by atoms with van der Waals surface area (Å²) in [5.41, 5.74) is 6.91. The van der Waals surface area contributed by atoms with E-state index in [1.54, 1.807) is 30.5 Å². The Morgan fingerprint density at radius 2 is 1.68 bits per heavy atom. The molecular weight excluding hydrogens is 500 g/mol. The highest BCUT2D eigenvalue weighted by molar-refractivity contribution is 5.95. The molecule has 0 fully saturated rings. The number of carbonyl (C=O) groups is 2. The highest BCUT2D eigenvalue weighted by Gasteiger charge is 2.19. The number of carbonyl (C=O) groups excluding carboxylic acids is 1. The van der Waals surface area contributed by atoms with Crippen molar-refractivity contribution in [2.45, 2.75) is 19.4 Å². The average Bonchev–Trinajstić information content (AvgIpc) is 3.39. The second kappa shape index (κ2) is 10.5. The first-order chi connectivity index (χ1) is 19.5. The zero-order chi connectivity index (χ0) is 27.6. The fraction of sp³-hybridized carbons (Fsp3) is 0.0909. The molecule has 0 saturated carbocycles. The number of imidazole rings is 1. The molecule has 3 heterocycles. The number of carboxylic acid groups (broad SMARTS) is 1. The Labute approximate surface area is 230 Å². The molecular formula is C33H26N4O3. The van der Waals surface area contributed by atoms with E-state index < -0.39 is 5.97 Å². The Kier molecular flexibility index (Phi) is 6.54. The highest BCUT2D eigenvalue weighted by Crippen LogP contribution is 2.26. The average molecular weight is 527 g/mol. The van der Waals surface area contributed by atoms with Gasteiger partial charge in [0.05, 0.1) is 17.1 Å². The van der Waals surface area contributed by atoms with Gasteiger partial charge in [0.1, 0.15) is 11.3 Å². The molecule has 0 saturated heterocycles. The maximum Gasteiger partial charge on any atom is 0.335 e. The molecule has 0 aliphatic rings. The number of aromatic nitrogens is 3. The number of nitrogens with one attached hydrogen (secondary N) is 1. The topological polar surface area (TPSA) is 96.6 Å². The first-order valence-electron chi connectivity index (χ1n) is 13.0. The third-order valence-electron chi connectivity index (χ3n) is 7.08. The zero-order valence-corrected chi connectivity index (χ0v) is 21.8. The number of fused-ring (bicyclic) bond motifs is 2. The van der Waals surface area contributed by atoms with Crippen LogP contribution in [0, 0.1) is 0 Å². The number of hydrogen-bond acceptors (Lipinski definition) is 4. The Morgan fingerprint density at radius 3 is 2.45 bits per heavy atom. The molecule has 7 heteroatoms. The lowest BCUT2D eigenvalue weighted by molar-refractivity contribution is 0.0696. The molecule has 3 aromatic carbocycles. The van der Waals surface area contributed by atoms with E-state index in [4.69, 9.17) is 0 Å². The first kappa shape index (κ1) is 25.0. The van der Waals surface area contributed by atoms with E-state index in [0.29, 0.717) is 17.8 Å². The summed E-state index contributed by atoms with van der Waals surface area (Å²) < 4.78 is 1.91. The lowest BCUT2D eigenvalue weighted by atomic mass is 10.0. The minimum Gasteiger partial charge on any atom is -0.478 e. The van der Waals surface area contributed by atoms with Crippen LogP contribution >= 0.6 is 0 Å². The molecule has 1 amide bonds. The van der Waals surface area contributed by atoms with Gasteiger partial charge in [-0.2, -0.15) is 0 Å². The highest BCUT2D eigenvalue weighted by atomic mass is 16.4. The number of nitrogens with zero attached hydrogens (tertiary/aromatic N) is 3. The maximum atomic E-state index is 13.8. The van der Waals surface area contributed by atoms with Crippen LogP contribution in [-0.4, -0.2) is 31.4 Å². The molecule has 1 atom stereocenters. The van der Waals surface area contributed by atoms with E-state index in [-0.39, 0.29) is 17.5 Å². The second-order valence-electron chi connectivity index (χ2n) is 9.77. The second-order valence-corrected chi connectivity index (χ2v) is 9.77. The van der Waals surface area contributed by atoms with E-state index in [1.165, 1.54) is 0 Å². The minimum atomic E-state index is -0.988. The number of carboxylic acids is 1. The van der Waals surface area contributed by atoms with Crippen LogP contribution in [0.2, 0.25) is 0 Å². The molecule has 2 N–H and O–H groups in total. The van der Waals surface area contributed by atoms with Crippen molar-refractivity contribution >= 4 is 28.4 Å². The van der Waals surface area contributed by atoms with Gasteiger partial charge in [-0.3, -0.25) is 14.2 Å². The van der Waals surface area contributed by atoms with E-state index in [2.05, 4.69) is 33.5 Å². The van der Waals surface area contributed by atoms with Gasteiger partial charge in [0.15, 0.2) is 0 Å². The minimum absolute atomic E-state index is 0.200. The Balaban J connectivity index is 1.39. The van der Waals surface area contributed by atoms with Crippen molar-refractivity contribution < 1.29 is 14.7 Å². The van der Waals surface area contributed by atoms with Crippen LogP contribution in [-0.2, 0) is 6.42 Å².